The largest absolute Gasteiger partial charge is 0.497 e. The second-order valence-electron chi connectivity index (χ2n) is 4.61. The molecule has 0 unspecified atom stereocenters. The van der Waals surface area contributed by atoms with E-state index in [1.54, 1.807) is 19.1 Å². The molecule has 0 fully saturated rings. The minimum atomic E-state index is -0.488. The molecular weight excluding hydrogens is 341 g/mol. The lowest BCUT2D eigenvalue weighted by Crippen LogP contribution is -2.34. The number of hydrogen-bond acceptors (Lipinski definition) is 4. The van der Waals surface area contributed by atoms with Gasteiger partial charge in [0.05, 0.1) is 7.11 Å². The summed E-state index contributed by atoms with van der Waals surface area (Å²) >= 11 is 10.9. The Bertz CT molecular complexity index is 750. The molecule has 0 bridgehead atoms. The first-order valence-electron chi connectivity index (χ1n) is 6.48. The lowest BCUT2D eigenvalue weighted by molar-refractivity contribution is 0.0977. The van der Waals surface area contributed by atoms with Crippen LogP contribution in [-0.4, -0.2) is 23.1 Å². The van der Waals surface area contributed by atoms with Crippen LogP contribution in [0.15, 0.2) is 30.3 Å². The molecule has 0 aliphatic carbocycles. The number of rotatable bonds is 3. The predicted octanol–water partition coefficient (Wildman–Crippen LogP) is 3.32. The number of carbonyl (C=O) groups is 1. The maximum atomic E-state index is 13.4. The summed E-state index contributed by atoms with van der Waals surface area (Å²) in [6.45, 7) is 1.72. The zero-order valence-corrected chi connectivity index (χ0v) is 13.9. The Morgan fingerprint density at radius 3 is 2.70 bits per heavy atom. The number of amides is 1. The molecule has 23 heavy (non-hydrogen) atoms. The molecule has 2 N–H and O–H groups in total. The van der Waals surface area contributed by atoms with Crippen molar-refractivity contribution < 1.29 is 13.9 Å². The number of nitrogens with one attached hydrogen (secondary N) is 2. The van der Waals surface area contributed by atoms with E-state index in [2.05, 4.69) is 15.6 Å². The van der Waals surface area contributed by atoms with Gasteiger partial charge in [0, 0.05) is 29.1 Å². The number of nitrogens with zero attached hydrogens (tertiary/aromatic N) is 1. The van der Waals surface area contributed by atoms with Gasteiger partial charge in [-0.05, 0) is 37.3 Å². The van der Waals surface area contributed by atoms with Crippen LogP contribution in [-0.2, 0) is 0 Å². The molecule has 0 saturated carbocycles. The Kier molecular flexibility index (Phi) is 5.46. The topological polar surface area (TPSA) is 63.2 Å². The summed E-state index contributed by atoms with van der Waals surface area (Å²) in [5, 5.41) is 5.44. The van der Waals surface area contributed by atoms with Gasteiger partial charge in [0.25, 0.3) is 5.91 Å². The Balaban J connectivity index is 2.07. The maximum Gasteiger partial charge on any atom is 0.257 e. The van der Waals surface area contributed by atoms with Crippen molar-refractivity contribution in [2.45, 2.75) is 6.92 Å². The number of ether oxygens (including phenoxy) is 1. The lowest BCUT2D eigenvalue weighted by Gasteiger charge is -2.11. The van der Waals surface area contributed by atoms with Crippen LogP contribution in [0.25, 0.3) is 0 Å². The van der Waals surface area contributed by atoms with Gasteiger partial charge in [-0.15, -0.1) is 0 Å². The number of aromatic nitrogens is 1. The van der Waals surface area contributed by atoms with E-state index >= 15 is 0 Å². The standard InChI is InChI=1S/C15H13ClFN3O2S/c1-8-3-9(4-13(16)18-8)14(21)20-15(23)19-11-5-10(17)6-12(7-11)22-2/h3-7H,1-2H3,(H2,19,20,21,23). The third kappa shape index (κ3) is 4.87. The van der Waals surface area contributed by atoms with Crippen molar-refractivity contribution in [2.75, 3.05) is 12.4 Å². The van der Waals surface area contributed by atoms with Crippen molar-refractivity contribution in [3.8, 4) is 5.75 Å². The van der Waals surface area contributed by atoms with Crippen molar-refractivity contribution in [2.24, 2.45) is 0 Å². The summed E-state index contributed by atoms with van der Waals surface area (Å²) in [6.07, 6.45) is 0. The molecule has 1 aromatic heterocycles. The van der Waals surface area contributed by atoms with E-state index in [4.69, 9.17) is 28.6 Å². The Morgan fingerprint density at radius 2 is 2.04 bits per heavy atom. The molecule has 5 nitrogen and oxygen atoms in total. The molecule has 2 rings (SSSR count). The van der Waals surface area contributed by atoms with Crippen LogP contribution in [0.1, 0.15) is 16.1 Å². The Hall–Kier alpha value is -2.25. The smallest absolute Gasteiger partial charge is 0.257 e. The van der Waals surface area contributed by atoms with Gasteiger partial charge < -0.3 is 10.1 Å². The van der Waals surface area contributed by atoms with E-state index in [-0.39, 0.29) is 10.3 Å². The van der Waals surface area contributed by atoms with Gasteiger partial charge in [-0.1, -0.05) is 11.6 Å². The van der Waals surface area contributed by atoms with Crippen LogP contribution in [0, 0.1) is 12.7 Å². The van der Waals surface area contributed by atoms with Crippen LogP contribution in [0.4, 0.5) is 10.1 Å². The first kappa shape index (κ1) is 17.1. The van der Waals surface area contributed by atoms with Crippen LogP contribution in [0.5, 0.6) is 5.75 Å². The normalized spacial score (nSPS) is 10.1. The Labute approximate surface area is 142 Å². The van der Waals surface area contributed by atoms with Crippen molar-refractivity contribution in [3.63, 3.8) is 0 Å². The molecule has 0 radical (unpaired) electrons. The summed E-state index contributed by atoms with van der Waals surface area (Å²) in [5.74, 6) is -0.603. The molecule has 0 atom stereocenters. The van der Waals surface area contributed by atoms with E-state index < -0.39 is 11.7 Å². The fourth-order valence-corrected chi connectivity index (χ4v) is 2.31. The lowest BCUT2D eigenvalue weighted by atomic mass is 10.2. The maximum absolute atomic E-state index is 13.4. The number of methoxy groups -OCH3 is 1. The molecule has 120 valence electrons. The summed E-state index contributed by atoms with van der Waals surface area (Å²) in [6, 6.07) is 7.02. The molecule has 1 amide bonds. The Morgan fingerprint density at radius 1 is 1.30 bits per heavy atom. The SMILES string of the molecule is COc1cc(F)cc(NC(=S)NC(=O)c2cc(C)nc(Cl)c2)c1. The highest BCUT2D eigenvalue weighted by Gasteiger charge is 2.11. The third-order valence-electron chi connectivity index (χ3n) is 2.78. The molecular formula is C15H13ClFN3O2S. The average Bonchev–Trinajstić information content (AvgIpc) is 2.45. The number of anilines is 1. The van der Waals surface area contributed by atoms with Gasteiger partial charge in [0.15, 0.2) is 5.11 Å². The minimum absolute atomic E-state index is 0.0215. The zero-order chi connectivity index (χ0) is 17.0. The molecule has 1 heterocycles. The van der Waals surface area contributed by atoms with Crippen LogP contribution in [0.2, 0.25) is 5.15 Å². The highest BCUT2D eigenvalue weighted by atomic mass is 35.5. The first-order chi connectivity index (χ1) is 10.9. The van der Waals surface area contributed by atoms with Gasteiger partial charge in [-0.25, -0.2) is 9.37 Å². The number of benzene rings is 1. The quantitative estimate of drug-likeness (QED) is 0.654. The number of halogens is 2. The number of pyridine rings is 1. The molecule has 0 aliphatic heterocycles. The van der Waals surface area contributed by atoms with E-state index in [9.17, 15) is 9.18 Å². The molecule has 0 aliphatic rings. The molecule has 0 saturated heterocycles. The minimum Gasteiger partial charge on any atom is -0.497 e. The highest BCUT2D eigenvalue weighted by Crippen LogP contribution is 2.19. The third-order valence-corrected chi connectivity index (χ3v) is 3.17. The van der Waals surface area contributed by atoms with Gasteiger partial charge in [-0.2, -0.15) is 0 Å². The summed E-state index contributed by atoms with van der Waals surface area (Å²) in [5.41, 5.74) is 1.29. The fraction of sp³-hybridized carbons (Fsp3) is 0.133. The predicted molar refractivity (Wildman–Crippen MR) is 90.6 cm³/mol. The number of thiocarbonyl (C=S) groups is 1. The highest BCUT2D eigenvalue weighted by molar-refractivity contribution is 7.80. The number of aryl methyl sites for hydroxylation is 1. The van der Waals surface area contributed by atoms with E-state index in [1.165, 1.54) is 25.3 Å². The van der Waals surface area contributed by atoms with Gasteiger partial charge in [0.1, 0.15) is 16.7 Å². The van der Waals surface area contributed by atoms with Crippen LogP contribution < -0.4 is 15.4 Å². The van der Waals surface area contributed by atoms with Gasteiger partial charge >= 0.3 is 0 Å². The van der Waals surface area contributed by atoms with Crippen LogP contribution in [0.3, 0.4) is 0 Å². The van der Waals surface area contributed by atoms with Crippen molar-refractivity contribution in [1.82, 2.24) is 10.3 Å². The van der Waals surface area contributed by atoms with Gasteiger partial charge in [0.2, 0.25) is 0 Å². The molecule has 8 heteroatoms. The average molecular weight is 354 g/mol. The fourth-order valence-electron chi connectivity index (χ4n) is 1.85. The first-order valence-corrected chi connectivity index (χ1v) is 7.27. The number of carbonyl (C=O) groups excluding carboxylic acids is 1. The summed E-state index contributed by atoms with van der Waals surface area (Å²) < 4.78 is 18.4. The summed E-state index contributed by atoms with van der Waals surface area (Å²) in [4.78, 5) is 16.1. The second kappa shape index (κ2) is 7.34. The summed E-state index contributed by atoms with van der Waals surface area (Å²) in [7, 11) is 1.42. The van der Waals surface area contributed by atoms with E-state index in [0.29, 0.717) is 22.7 Å². The molecule has 1 aromatic carbocycles. The molecule has 0 spiro atoms. The van der Waals surface area contributed by atoms with E-state index in [0.717, 1.165) is 0 Å². The van der Waals surface area contributed by atoms with Crippen molar-refractivity contribution in [1.29, 1.82) is 0 Å². The second-order valence-corrected chi connectivity index (χ2v) is 5.40. The van der Waals surface area contributed by atoms with E-state index in [1.807, 2.05) is 0 Å². The zero-order valence-electron chi connectivity index (χ0n) is 12.3. The monoisotopic (exact) mass is 353 g/mol. The van der Waals surface area contributed by atoms with Crippen molar-refractivity contribution >= 4 is 40.5 Å². The molecule has 2 aromatic rings. The number of hydrogen-bond donors (Lipinski definition) is 2. The van der Waals surface area contributed by atoms with Gasteiger partial charge in [-0.3, -0.25) is 10.1 Å². The van der Waals surface area contributed by atoms with Crippen molar-refractivity contribution in [3.05, 3.63) is 52.6 Å². The van der Waals surface area contributed by atoms with Crippen LogP contribution >= 0.6 is 23.8 Å².